The summed E-state index contributed by atoms with van der Waals surface area (Å²) in [7, 11) is 0. The number of benzene rings is 1. The number of rotatable bonds is 4. The van der Waals surface area contributed by atoms with Gasteiger partial charge in [0, 0.05) is 5.69 Å². The van der Waals surface area contributed by atoms with Crippen molar-refractivity contribution in [2.45, 2.75) is 0 Å². The molecule has 0 bridgehead atoms. The van der Waals surface area contributed by atoms with Crippen molar-refractivity contribution in [2.75, 3.05) is 17.2 Å². The lowest BCUT2D eigenvalue weighted by Crippen LogP contribution is -2.21. The molecule has 2 aromatic rings. The standard InChI is InChI=1S/C13H12ClN3O/c14-12-7-6-11(8-16-12)17-13(18)9-15-10-4-2-1-3-5-10/h1-8,15H,9H2,(H,17,18). The normalized spacial score (nSPS) is 9.83. The first-order chi connectivity index (χ1) is 8.74. The molecule has 0 saturated carbocycles. The minimum Gasteiger partial charge on any atom is -0.376 e. The lowest BCUT2D eigenvalue weighted by Gasteiger charge is -2.07. The van der Waals surface area contributed by atoms with Crippen molar-refractivity contribution < 1.29 is 4.79 Å². The van der Waals surface area contributed by atoms with Gasteiger partial charge in [0.15, 0.2) is 0 Å². The molecule has 0 atom stereocenters. The number of hydrogen-bond donors (Lipinski definition) is 2. The zero-order valence-corrected chi connectivity index (χ0v) is 10.3. The quantitative estimate of drug-likeness (QED) is 0.832. The number of nitrogens with one attached hydrogen (secondary N) is 2. The number of anilines is 2. The van der Waals surface area contributed by atoms with E-state index in [1.165, 1.54) is 6.20 Å². The van der Waals surface area contributed by atoms with Gasteiger partial charge in [0.25, 0.3) is 0 Å². The van der Waals surface area contributed by atoms with Crippen molar-refractivity contribution in [3.05, 3.63) is 53.8 Å². The number of amides is 1. The summed E-state index contributed by atoms with van der Waals surface area (Å²) in [6.07, 6.45) is 1.52. The molecule has 2 rings (SSSR count). The molecule has 0 radical (unpaired) electrons. The summed E-state index contributed by atoms with van der Waals surface area (Å²) in [6.45, 7) is 0.201. The highest BCUT2D eigenvalue weighted by Crippen LogP contribution is 2.09. The Bertz CT molecular complexity index is 514. The number of carbonyl (C=O) groups excluding carboxylic acids is 1. The molecular formula is C13H12ClN3O. The Labute approximate surface area is 110 Å². The Kier molecular flexibility index (Phi) is 4.15. The maximum absolute atomic E-state index is 11.6. The van der Waals surface area contributed by atoms with Gasteiger partial charge in [-0.05, 0) is 24.3 Å². The monoisotopic (exact) mass is 261 g/mol. The second-order valence-electron chi connectivity index (χ2n) is 3.64. The molecular weight excluding hydrogens is 250 g/mol. The highest BCUT2D eigenvalue weighted by Gasteiger charge is 2.02. The van der Waals surface area contributed by atoms with Crippen LogP contribution in [0.15, 0.2) is 48.7 Å². The van der Waals surface area contributed by atoms with Crippen LogP contribution < -0.4 is 10.6 Å². The molecule has 0 saturated heterocycles. The number of aromatic nitrogens is 1. The Morgan fingerprint density at radius 3 is 2.56 bits per heavy atom. The van der Waals surface area contributed by atoms with Crippen molar-refractivity contribution in [3.63, 3.8) is 0 Å². The molecule has 0 aliphatic carbocycles. The molecule has 0 aliphatic rings. The molecule has 1 heterocycles. The third-order valence-corrected chi connectivity index (χ3v) is 2.46. The van der Waals surface area contributed by atoms with Crippen LogP contribution >= 0.6 is 11.6 Å². The fraction of sp³-hybridized carbons (Fsp3) is 0.0769. The molecule has 0 aliphatic heterocycles. The number of para-hydroxylation sites is 1. The van der Waals surface area contributed by atoms with Crippen LogP contribution in [0.3, 0.4) is 0 Å². The number of pyridine rings is 1. The van der Waals surface area contributed by atoms with E-state index in [9.17, 15) is 4.79 Å². The van der Waals surface area contributed by atoms with Crippen molar-refractivity contribution in [1.82, 2.24) is 4.98 Å². The average molecular weight is 262 g/mol. The Morgan fingerprint density at radius 2 is 1.89 bits per heavy atom. The van der Waals surface area contributed by atoms with Crippen LogP contribution in [0.25, 0.3) is 0 Å². The number of nitrogens with zero attached hydrogens (tertiary/aromatic N) is 1. The maximum Gasteiger partial charge on any atom is 0.243 e. The fourth-order valence-corrected chi connectivity index (χ4v) is 1.51. The van der Waals surface area contributed by atoms with Crippen LogP contribution in [0.2, 0.25) is 5.15 Å². The molecule has 92 valence electrons. The molecule has 4 nitrogen and oxygen atoms in total. The third kappa shape index (κ3) is 3.75. The first kappa shape index (κ1) is 12.4. The maximum atomic E-state index is 11.6. The molecule has 1 aromatic heterocycles. The van der Waals surface area contributed by atoms with Gasteiger partial charge in [0.05, 0.1) is 18.4 Å². The lowest BCUT2D eigenvalue weighted by atomic mass is 10.3. The lowest BCUT2D eigenvalue weighted by molar-refractivity contribution is -0.114. The van der Waals surface area contributed by atoms with Crippen LogP contribution in [0.1, 0.15) is 0 Å². The van der Waals surface area contributed by atoms with Gasteiger partial charge in [-0.15, -0.1) is 0 Å². The molecule has 5 heteroatoms. The van der Waals surface area contributed by atoms with Crippen LogP contribution in [0.4, 0.5) is 11.4 Å². The van der Waals surface area contributed by atoms with Gasteiger partial charge in [-0.3, -0.25) is 4.79 Å². The first-order valence-electron chi connectivity index (χ1n) is 5.44. The predicted molar refractivity (Wildman–Crippen MR) is 72.8 cm³/mol. The predicted octanol–water partition coefficient (Wildman–Crippen LogP) is 2.79. The summed E-state index contributed by atoms with van der Waals surface area (Å²) in [5, 5.41) is 6.13. The van der Waals surface area contributed by atoms with Gasteiger partial charge < -0.3 is 10.6 Å². The van der Waals surface area contributed by atoms with E-state index in [-0.39, 0.29) is 12.5 Å². The molecule has 0 unspecified atom stereocenters. The zero-order chi connectivity index (χ0) is 12.8. The van der Waals surface area contributed by atoms with E-state index < -0.39 is 0 Å². The van der Waals surface area contributed by atoms with E-state index in [4.69, 9.17) is 11.6 Å². The van der Waals surface area contributed by atoms with E-state index in [0.29, 0.717) is 10.8 Å². The zero-order valence-electron chi connectivity index (χ0n) is 9.56. The van der Waals surface area contributed by atoms with Crippen molar-refractivity contribution in [1.29, 1.82) is 0 Å². The van der Waals surface area contributed by atoms with E-state index in [1.807, 2.05) is 30.3 Å². The Morgan fingerprint density at radius 1 is 1.11 bits per heavy atom. The molecule has 18 heavy (non-hydrogen) atoms. The highest BCUT2D eigenvalue weighted by atomic mass is 35.5. The minimum absolute atomic E-state index is 0.136. The van der Waals surface area contributed by atoms with E-state index in [0.717, 1.165) is 5.69 Å². The molecule has 0 spiro atoms. The summed E-state index contributed by atoms with van der Waals surface area (Å²) in [4.78, 5) is 15.5. The average Bonchev–Trinajstić information content (AvgIpc) is 2.40. The topological polar surface area (TPSA) is 54.0 Å². The van der Waals surface area contributed by atoms with Crippen LogP contribution in [-0.2, 0) is 4.79 Å². The second kappa shape index (κ2) is 6.02. The minimum atomic E-state index is -0.136. The first-order valence-corrected chi connectivity index (χ1v) is 5.82. The van der Waals surface area contributed by atoms with Gasteiger partial charge in [0.1, 0.15) is 5.15 Å². The van der Waals surface area contributed by atoms with Crippen LogP contribution in [0.5, 0.6) is 0 Å². The van der Waals surface area contributed by atoms with Crippen LogP contribution in [-0.4, -0.2) is 17.4 Å². The van der Waals surface area contributed by atoms with Crippen molar-refractivity contribution >= 4 is 28.9 Å². The number of carbonyl (C=O) groups is 1. The fourth-order valence-electron chi connectivity index (χ4n) is 1.39. The summed E-state index contributed by atoms with van der Waals surface area (Å²) >= 11 is 5.65. The summed E-state index contributed by atoms with van der Waals surface area (Å²) in [6, 6.07) is 12.9. The molecule has 2 N–H and O–H groups in total. The second-order valence-corrected chi connectivity index (χ2v) is 4.02. The molecule has 1 aromatic carbocycles. The van der Waals surface area contributed by atoms with Gasteiger partial charge in [-0.1, -0.05) is 29.8 Å². The highest BCUT2D eigenvalue weighted by molar-refractivity contribution is 6.29. The Hall–Kier alpha value is -2.07. The summed E-state index contributed by atoms with van der Waals surface area (Å²) < 4.78 is 0. The van der Waals surface area contributed by atoms with Gasteiger partial charge in [0.2, 0.25) is 5.91 Å². The van der Waals surface area contributed by atoms with E-state index in [2.05, 4.69) is 15.6 Å². The van der Waals surface area contributed by atoms with Crippen molar-refractivity contribution in [3.8, 4) is 0 Å². The molecule has 1 amide bonds. The van der Waals surface area contributed by atoms with Crippen molar-refractivity contribution in [2.24, 2.45) is 0 Å². The van der Waals surface area contributed by atoms with Crippen LogP contribution in [0, 0.1) is 0 Å². The summed E-state index contributed by atoms with van der Waals surface area (Å²) in [5.74, 6) is -0.136. The largest absolute Gasteiger partial charge is 0.376 e. The smallest absolute Gasteiger partial charge is 0.243 e. The van der Waals surface area contributed by atoms with Gasteiger partial charge in [-0.2, -0.15) is 0 Å². The number of halogens is 1. The summed E-state index contributed by atoms with van der Waals surface area (Å²) in [5.41, 5.74) is 1.53. The third-order valence-electron chi connectivity index (χ3n) is 2.24. The Balaban J connectivity index is 1.84. The van der Waals surface area contributed by atoms with Gasteiger partial charge >= 0.3 is 0 Å². The SMILES string of the molecule is O=C(CNc1ccccc1)Nc1ccc(Cl)nc1. The van der Waals surface area contributed by atoms with E-state index >= 15 is 0 Å². The molecule has 0 fully saturated rings. The van der Waals surface area contributed by atoms with E-state index in [1.54, 1.807) is 12.1 Å². The van der Waals surface area contributed by atoms with Gasteiger partial charge in [-0.25, -0.2) is 4.98 Å². The number of hydrogen-bond acceptors (Lipinski definition) is 3.